The van der Waals surface area contributed by atoms with Crippen LogP contribution in [0.3, 0.4) is 0 Å². The lowest BCUT2D eigenvalue weighted by Crippen LogP contribution is -2.59. The van der Waals surface area contributed by atoms with Gasteiger partial charge < -0.3 is 4.90 Å². The molecular weight excluding hydrogens is 276 g/mol. The standard InChI is InChI=1S/C13H22N4O2S/c1-13(2,3)11-6-7-12(15-14-11)17-8-10(9-17)16(4)20(5,18)19/h6-7,10H,8-9H2,1-5H3. The molecule has 0 spiro atoms. The highest BCUT2D eigenvalue weighted by Gasteiger charge is 2.35. The molecule has 0 bridgehead atoms. The van der Waals surface area contributed by atoms with Crippen LogP contribution in [0.5, 0.6) is 0 Å². The Labute approximate surface area is 120 Å². The van der Waals surface area contributed by atoms with E-state index >= 15 is 0 Å². The molecular formula is C13H22N4O2S. The van der Waals surface area contributed by atoms with Crippen molar-refractivity contribution in [1.29, 1.82) is 0 Å². The Morgan fingerprint density at radius 3 is 2.25 bits per heavy atom. The maximum absolute atomic E-state index is 11.4. The second kappa shape index (κ2) is 4.96. The average Bonchev–Trinajstić information content (AvgIpc) is 2.25. The first-order valence-electron chi connectivity index (χ1n) is 6.61. The number of hydrogen-bond donors (Lipinski definition) is 0. The van der Waals surface area contributed by atoms with Crippen molar-refractivity contribution >= 4 is 15.8 Å². The Hall–Kier alpha value is -1.21. The molecule has 0 atom stereocenters. The number of aromatic nitrogens is 2. The highest BCUT2D eigenvalue weighted by atomic mass is 32.2. The molecule has 1 aromatic rings. The lowest BCUT2D eigenvalue weighted by Gasteiger charge is -2.43. The largest absolute Gasteiger partial charge is 0.352 e. The van der Waals surface area contributed by atoms with Crippen LogP contribution in [-0.2, 0) is 15.4 Å². The Kier molecular flexibility index (Phi) is 3.77. The van der Waals surface area contributed by atoms with E-state index in [0.29, 0.717) is 13.1 Å². The van der Waals surface area contributed by atoms with E-state index in [1.54, 1.807) is 7.05 Å². The van der Waals surface area contributed by atoms with Gasteiger partial charge in [-0.15, -0.1) is 5.10 Å². The van der Waals surface area contributed by atoms with Crippen molar-refractivity contribution in [2.75, 3.05) is 31.3 Å². The van der Waals surface area contributed by atoms with E-state index in [4.69, 9.17) is 0 Å². The molecule has 1 saturated heterocycles. The van der Waals surface area contributed by atoms with Gasteiger partial charge in [0.1, 0.15) is 0 Å². The van der Waals surface area contributed by atoms with Crippen LogP contribution in [0, 0.1) is 0 Å². The monoisotopic (exact) mass is 298 g/mol. The summed E-state index contributed by atoms with van der Waals surface area (Å²) in [5.41, 5.74) is 0.936. The van der Waals surface area contributed by atoms with E-state index in [1.807, 2.05) is 17.0 Å². The predicted octanol–water partition coefficient (Wildman–Crippen LogP) is 0.854. The smallest absolute Gasteiger partial charge is 0.211 e. The fourth-order valence-corrected chi connectivity index (χ4v) is 2.71. The topological polar surface area (TPSA) is 66.4 Å². The lowest BCUT2D eigenvalue weighted by atomic mass is 9.92. The van der Waals surface area contributed by atoms with Crippen molar-refractivity contribution in [3.8, 4) is 0 Å². The summed E-state index contributed by atoms with van der Waals surface area (Å²) in [7, 11) is -1.51. The van der Waals surface area contributed by atoms with E-state index in [-0.39, 0.29) is 11.5 Å². The molecule has 1 aliphatic rings. The maximum atomic E-state index is 11.4. The van der Waals surface area contributed by atoms with E-state index in [2.05, 4.69) is 31.0 Å². The van der Waals surface area contributed by atoms with Crippen LogP contribution in [0.1, 0.15) is 26.5 Å². The zero-order chi connectivity index (χ0) is 15.1. The Balaban J connectivity index is 2.00. The SMILES string of the molecule is CN(C1CN(c2ccc(C(C)(C)C)nn2)C1)S(C)(=O)=O. The minimum Gasteiger partial charge on any atom is -0.352 e. The molecule has 0 saturated carbocycles. The minimum atomic E-state index is -3.12. The number of anilines is 1. The highest BCUT2D eigenvalue weighted by molar-refractivity contribution is 7.88. The van der Waals surface area contributed by atoms with Gasteiger partial charge in [0.25, 0.3) is 0 Å². The number of nitrogens with zero attached hydrogens (tertiary/aromatic N) is 4. The zero-order valence-corrected chi connectivity index (χ0v) is 13.5. The quantitative estimate of drug-likeness (QED) is 0.828. The molecule has 2 heterocycles. The average molecular weight is 298 g/mol. The Morgan fingerprint density at radius 1 is 1.25 bits per heavy atom. The van der Waals surface area contributed by atoms with Gasteiger partial charge in [-0.25, -0.2) is 8.42 Å². The second-order valence-electron chi connectivity index (χ2n) is 6.36. The molecule has 0 radical (unpaired) electrons. The van der Waals surface area contributed by atoms with Gasteiger partial charge in [0, 0.05) is 25.6 Å². The molecule has 1 aromatic heterocycles. The van der Waals surface area contributed by atoms with Gasteiger partial charge in [-0.3, -0.25) is 0 Å². The number of sulfonamides is 1. The van der Waals surface area contributed by atoms with Gasteiger partial charge in [-0.2, -0.15) is 9.40 Å². The molecule has 1 aliphatic heterocycles. The molecule has 112 valence electrons. The Bertz CT molecular complexity index is 571. The normalized spacial score (nSPS) is 17.4. The first-order valence-corrected chi connectivity index (χ1v) is 8.46. The summed E-state index contributed by atoms with van der Waals surface area (Å²) in [5.74, 6) is 0.802. The van der Waals surface area contributed by atoms with Crippen molar-refractivity contribution in [1.82, 2.24) is 14.5 Å². The number of rotatable bonds is 3. The van der Waals surface area contributed by atoms with Crippen molar-refractivity contribution in [2.24, 2.45) is 0 Å². The van der Waals surface area contributed by atoms with E-state index in [1.165, 1.54) is 10.6 Å². The van der Waals surface area contributed by atoms with Crippen LogP contribution < -0.4 is 4.90 Å². The number of likely N-dealkylation sites (N-methyl/N-ethyl adjacent to an activating group) is 1. The fraction of sp³-hybridized carbons (Fsp3) is 0.692. The van der Waals surface area contributed by atoms with Gasteiger partial charge in [0.2, 0.25) is 10.0 Å². The summed E-state index contributed by atoms with van der Waals surface area (Å²) in [5, 5.41) is 8.48. The van der Waals surface area contributed by atoms with Crippen LogP contribution in [0.15, 0.2) is 12.1 Å². The summed E-state index contributed by atoms with van der Waals surface area (Å²) < 4.78 is 24.3. The molecule has 20 heavy (non-hydrogen) atoms. The maximum Gasteiger partial charge on any atom is 0.211 e. The van der Waals surface area contributed by atoms with Crippen LogP contribution >= 0.6 is 0 Å². The van der Waals surface area contributed by atoms with Gasteiger partial charge in [-0.05, 0) is 12.1 Å². The lowest BCUT2D eigenvalue weighted by molar-refractivity contribution is 0.310. The van der Waals surface area contributed by atoms with Crippen molar-refractivity contribution in [2.45, 2.75) is 32.2 Å². The molecule has 0 amide bonds. The summed E-state index contributed by atoms with van der Waals surface area (Å²) in [6.07, 6.45) is 1.23. The van der Waals surface area contributed by atoms with Crippen molar-refractivity contribution < 1.29 is 8.42 Å². The molecule has 2 rings (SSSR count). The van der Waals surface area contributed by atoms with Crippen LogP contribution in [0.4, 0.5) is 5.82 Å². The van der Waals surface area contributed by atoms with Crippen molar-refractivity contribution in [3.05, 3.63) is 17.8 Å². The minimum absolute atomic E-state index is 0.0144. The van der Waals surface area contributed by atoms with Gasteiger partial charge in [0.15, 0.2) is 5.82 Å². The third-order valence-corrected chi connectivity index (χ3v) is 4.99. The molecule has 0 unspecified atom stereocenters. The first-order chi connectivity index (χ1) is 9.09. The van der Waals surface area contributed by atoms with Crippen LogP contribution in [0.2, 0.25) is 0 Å². The van der Waals surface area contributed by atoms with Gasteiger partial charge >= 0.3 is 0 Å². The van der Waals surface area contributed by atoms with E-state index in [0.717, 1.165) is 11.5 Å². The van der Waals surface area contributed by atoms with E-state index < -0.39 is 10.0 Å². The fourth-order valence-electron chi connectivity index (χ4n) is 2.04. The summed E-state index contributed by atoms with van der Waals surface area (Å²) >= 11 is 0. The predicted molar refractivity (Wildman–Crippen MR) is 79.3 cm³/mol. The third kappa shape index (κ3) is 3.09. The van der Waals surface area contributed by atoms with Gasteiger partial charge in [0.05, 0.1) is 18.0 Å². The second-order valence-corrected chi connectivity index (χ2v) is 8.41. The first kappa shape index (κ1) is 15.2. The Morgan fingerprint density at radius 2 is 1.85 bits per heavy atom. The van der Waals surface area contributed by atoms with Crippen molar-refractivity contribution in [3.63, 3.8) is 0 Å². The van der Waals surface area contributed by atoms with Gasteiger partial charge in [-0.1, -0.05) is 20.8 Å². The summed E-state index contributed by atoms with van der Waals surface area (Å²) in [4.78, 5) is 2.03. The van der Waals surface area contributed by atoms with Crippen LogP contribution in [0.25, 0.3) is 0 Å². The molecule has 1 fully saturated rings. The molecule has 0 aliphatic carbocycles. The third-order valence-electron chi connectivity index (χ3n) is 3.64. The molecule has 6 nitrogen and oxygen atoms in total. The van der Waals surface area contributed by atoms with E-state index in [9.17, 15) is 8.42 Å². The molecule has 7 heteroatoms. The summed E-state index contributed by atoms with van der Waals surface area (Å²) in [6.45, 7) is 7.60. The molecule has 0 N–H and O–H groups in total. The molecule has 0 aromatic carbocycles. The highest BCUT2D eigenvalue weighted by Crippen LogP contribution is 2.24. The van der Waals surface area contributed by atoms with Crippen LogP contribution in [-0.4, -0.2) is 55.4 Å². The summed E-state index contributed by atoms with van der Waals surface area (Å²) in [6, 6.07) is 3.95. The zero-order valence-electron chi connectivity index (χ0n) is 12.7. The number of hydrogen-bond acceptors (Lipinski definition) is 5.